The van der Waals surface area contributed by atoms with Crippen LogP contribution in [0.2, 0.25) is 0 Å². The number of rotatable bonds is 4. The highest BCUT2D eigenvalue weighted by atomic mass is 16.5. The molecule has 0 spiro atoms. The molecular formula is C12H16O4. The summed E-state index contributed by atoms with van der Waals surface area (Å²) in [5, 5.41) is 8.83. The largest absolute Gasteiger partial charge is 0.492 e. The first kappa shape index (κ1) is 12.6. The van der Waals surface area contributed by atoms with E-state index in [0.717, 1.165) is 0 Å². The van der Waals surface area contributed by atoms with Crippen LogP contribution in [0.1, 0.15) is 20.3 Å². The molecule has 0 radical (unpaired) electrons. The summed E-state index contributed by atoms with van der Waals surface area (Å²) < 4.78 is 4.95. The number of ether oxygens (including phenoxy) is 1. The van der Waals surface area contributed by atoms with Crippen LogP contribution in [0.15, 0.2) is 23.0 Å². The first-order valence-electron chi connectivity index (χ1n) is 5.19. The number of hydrogen-bond acceptors (Lipinski definition) is 4. The van der Waals surface area contributed by atoms with Crippen molar-refractivity contribution in [1.82, 2.24) is 0 Å². The minimum atomic E-state index is -0.249. The van der Waals surface area contributed by atoms with Crippen LogP contribution in [0, 0.1) is 5.92 Å². The van der Waals surface area contributed by atoms with Crippen LogP contribution in [-0.4, -0.2) is 30.4 Å². The highest BCUT2D eigenvalue weighted by molar-refractivity contribution is 6.21. The molecule has 1 N–H and O–H groups in total. The second-order valence-corrected chi connectivity index (χ2v) is 3.86. The first-order chi connectivity index (χ1) is 7.52. The van der Waals surface area contributed by atoms with Crippen molar-refractivity contribution in [3.05, 3.63) is 23.0 Å². The number of aliphatic hydroxyl groups excluding tert-OH is 1. The molecule has 1 atom stereocenters. The van der Waals surface area contributed by atoms with E-state index in [1.807, 2.05) is 0 Å². The predicted octanol–water partition coefficient (Wildman–Crippen LogP) is 1.00. The molecule has 0 aromatic rings. The van der Waals surface area contributed by atoms with Gasteiger partial charge in [-0.1, -0.05) is 6.92 Å². The van der Waals surface area contributed by atoms with Gasteiger partial charge in [-0.05, 0) is 25.3 Å². The molecule has 1 rings (SSSR count). The van der Waals surface area contributed by atoms with Crippen molar-refractivity contribution in [2.75, 3.05) is 13.7 Å². The Hall–Kier alpha value is -1.42. The maximum Gasteiger partial charge on any atom is 0.224 e. The molecule has 88 valence electrons. The molecule has 16 heavy (non-hydrogen) atoms. The van der Waals surface area contributed by atoms with Gasteiger partial charge >= 0.3 is 0 Å². The van der Waals surface area contributed by atoms with Gasteiger partial charge in [0.1, 0.15) is 0 Å². The summed E-state index contributed by atoms with van der Waals surface area (Å²) in [7, 11) is 1.38. The summed E-state index contributed by atoms with van der Waals surface area (Å²) in [5.41, 5.74) is 0.758. The van der Waals surface area contributed by atoms with E-state index in [1.54, 1.807) is 13.8 Å². The number of carbonyl (C=O) groups excluding carboxylic acids is 2. The van der Waals surface area contributed by atoms with E-state index >= 15 is 0 Å². The summed E-state index contributed by atoms with van der Waals surface area (Å²) >= 11 is 0. The predicted molar refractivity (Wildman–Crippen MR) is 58.7 cm³/mol. The molecule has 0 fully saturated rings. The lowest BCUT2D eigenvalue weighted by Gasteiger charge is -2.19. The van der Waals surface area contributed by atoms with E-state index in [9.17, 15) is 9.59 Å². The Morgan fingerprint density at radius 2 is 2.06 bits per heavy atom. The van der Waals surface area contributed by atoms with Crippen LogP contribution in [0.4, 0.5) is 0 Å². The average molecular weight is 224 g/mol. The molecule has 4 heteroatoms. The fraction of sp³-hybridized carbons (Fsp3) is 0.500. The SMILES string of the molecule is COC1=C(C)C(=O)C=C([C@@H](C)CCO)C1=O. The van der Waals surface area contributed by atoms with Gasteiger partial charge in [0.2, 0.25) is 5.78 Å². The van der Waals surface area contributed by atoms with Crippen LogP contribution in [0.5, 0.6) is 0 Å². The number of ketones is 2. The highest BCUT2D eigenvalue weighted by Crippen LogP contribution is 2.26. The summed E-state index contributed by atoms with van der Waals surface area (Å²) in [5.74, 6) is -0.469. The fourth-order valence-electron chi connectivity index (χ4n) is 1.69. The Labute approximate surface area is 94.6 Å². The molecule has 1 aliphatic carbocycles. The van der Waals surface area contributed by atoms with Crippen molar-refractivity contribution < 1.29 is 19.4 Å². The monoisotopic (exact) mass is 224 g/mol. The Kier molecular flexibility index (Phi) is 4.01. The molecule has 0 saturated heterocycles. The van der Waals surface area contributed by atoms with E-state index in [0.29, 0.717) is 17.6 Å². The molecule has 0 amide bonds. The molecule has 0 unspecified atom stereocenters. The van der Waals surface area contributed by atoms with Gasteiger partial charge in [0.15, 0.2) is 11.5 Å². The van der Waals surface area contributed by atoms with Gasteiger partial charge in [-0.25, -0.2) is 0 Å². The van der Waals surface area contributed by atoms with Crippen LogP contribution >= 0.6 is 0 Å². The third-order valence-corrected chi connectivity index (χ3v) is 2.76. The zero-order chi connectivity index (χ0) is 12.3. The lowest BCUT2D eigenvalue weighted by atomic mass is 9.87. The van der Waals surface area contributed by atoms with Crippen LogP contribution in [0.3, 0.4) is 0 Å². The zero-order valence-corrected chi connectivity index (χ0v) is 9.74. The first-order valence-corrected chi connectivity index (χ1v) is 5.19. The summed E-state index contributed by atoms with van der Waals surface area (Å²) in [6.45, 7) is 3.37. The number of Topliss-reactive ketones (excluding diaryl/α,β-unsaturated/α-hetero) is 1. The maximum atomic E-state index is 11.9. The molecule has 0 aromatic carbocycles. The third-order valence-electron chi connectivity index (χ3n) is 2.76. The smallest absolute Gasteiger partial charge is 0.224 e. The lowest BCUT2D eigenvalue weighted by Crippen LogP contribution is -2.23. The molecular weight excluding hydrogens is 208 g/mol. The highest BCUT2D eigenvalue weighted by Gasteiger charge is 2.29. The van der Waals surface area contributed by atoms with Gasteiger partial charge in [0.25, 0.3) is 0 Å². The molecule has 0 bridgehead atoms. The Morgan fingerprint density at radius 3 is 2.56 bits per heavy atom. The lowest BCUT2D eigenvalue weighted by molar-refractivity contribution is -0.118. The number of allylic oxidation sites excluding steroid dienone is 3. The quantitative estimate of drug-likeness (QED) is 0.724. The minimum absolute atomic E-state index is 0.00894. The van der Waals surface area contributed by atoms with Gasteiger partial charge in [0, 0.05) is 17.8 Å². The van der Waals surface area contributed by atoms with Crippen molar-refractivity contribution >= 4 is 11.6 Å². The maximum absolute atomic E-state index is 11.9. The number of hydrogen-bond donors (Lipinski definition) is 1. The van der Waals surface area contributed by atoms with E-state index < -0.39 is 0 Å². The molecule has 0 aliphatic heterocycles. The molecule has 4 nitrogen and oxygen atoms in total. The van der Waals surface area contributed by atoms with Gasteiger partial charge in [-0.3, -0.25) is 9.59 Å². The van der Waals surface area contributed by atoms with E-state index in [-0.39, 0.29) is 29.9 Å². The second kappa shape index (κ2) is 5.07. The van der Waals surface area contributed by atoms with Crippen molar-refractivity contribution in [1.29, 1.82) is 0 Å². The Balaban J connectivity index is 3.03. The van der Waals surface area contributed by atoms with Crippen LogP contribution < -0.4 is 0 Å². The molecule has 1 aliphatic rings. The molecule has 0 saturated carbocycles. The zero-order valence-electron chi connectivity index (χ0n) is 9.74. The molecule has 0 aromatic heterocycles. The average Bonchev–Trinajstić information content (AvgIpc) is 2.24. The Morgan fingerprint density at radius 1 is 1.44 bits per heavy atom. The van der Waals surface area contributed by atoms with E-state index in [2.05, 4.69) is 0 Å². The van der Waals surface area contributed by atoms with Crippen LogP contribution in [0.25, 0.3) is 0 Å². The normalized spacial score (nSPS) is 18.6. The summed E-state index contributed by atoms with van der Waals surface area (Å²) in [4.78, 5) is 23.5. The van der Waals surface area contributed by atoms with Gasteiger partial charge in [-0.15, -0.1) is 0 Å². The van der Waals surface area contributed by atoms with Crippen molar-refractivity contribution in [3.8, 4) is 0 Å². The topological polar surface area (TPSA) is 63.6 Å². The van der Waals surface area contributed by atoms with Crippen molar-refractivity contribution in [3.63, 3.8) is 0 Å². The van der Waals surface area contributed by atoms with Crippen LogP contribution in [-0.2, 0) is 14.3 Å². The summed E-state index contributed by atoms with van der Waals surface area (Å²) in [6, 6.07) is 0. The van der Waals surface area contributed by atoms with Gasteiger partial charge in [0.05, 0.1) is 7.11 Å². The Bertz CT molecular complexity index is 376. The third kappa shape index (κ3) is 2.22. The standard InChI is InChI=1S/C12H16O4/c1-7(4-5-13)9-6-10(14)8(2)12(16-3)11(9)15/h6-7,13H,4-5H2,1-3H3/t7-/m0/s1. The summed E-state index contributed by atoms with van der Waals surface area (Å²) in [6.07, 6.45) is 1.81. The number of carbonyl (C=O) groups is 2. The van der Waals surface area contributed by atoms with Gasteiger partial charge < -0.3 is 9.84 Å². The van der Waals surface area contributed by atoms with E-state index in [1.165, 1.54) is 13.2 Å². The van der Waals surface area contributed by atoms with Crippen molar-refractivity contribution in [2.24, 2.45) is 5.92 Å². The van der Waals surface area contributed by atoms with E-state index in [4.69, 9.17) is 9.84 Å². The van der Waals surface area contributed by atoms with Crippen molar-refractivity contribution in [2.45, 2.75) is 20.3 Å². The fourth-order valence-corrected chi connectivity index (χ4v) is 1.69. The minimum Gasteiger partial charge on any atom is -0.492 e. The number of aliphatic hydroxyl groups is 1. The second-order valence-electron chi connectivity index (χ2n) is 3.86. The number of methoxy groups -OCH3 is 1. The molecule has 0 heterocycles. The van der Waals surface area contributed by atoms with Gasteiger partial charge in [-0.2, -0.15) is 0 Å².